The molecule has 1 aliphatic heterocycles. The van der Waals surface area contributed by atoms with Crippen molar-refractivity contribution >= 4 is 0 Å². The molecule has 1 unspecified atom stereocenters. The van der Waals surface area contributed by atoms with Crippen LogP contribution in [0.1, 0.15) is 38.3 Å². The van der Waals surface area contributed by atoms with E-state index in [0.29, 0.717) is 13.2 Å². The third-order valence-corrected chi connectivity index (χ3v) is 5.52. The van der Waals surface area contributed by atoms with Gasteiger partial charge in [-0.25, -0.2) is 0 Å². The summed E-state index contributed by atoms with van der Waals surface area (Å²) in [5.41, 5.74) is 8.68. The Morgan fingerprint density at radius 2 is 1.85 bits per heavy atom. The SMILES string of the molecule is CC(C)(C)N1CCC(Cc2ccccc2)(c2cccc(OCCN)c2)C1. The Morgan fingerprint density at radius 1 is 1.08 bits per heavy atom. The summed E-state index contributed by atoms with van der Waals surface area (Å²) in [6.45, 7) is 10.2. The molecular formula is C23H32N2O. The van der Waals surface area contributed by atoms with E-state index >= 15 is 0 Å². The summed E-state index contributed by atoms with van der Waals surface area (Å²) in [7, 11) is 0. The quantitative estimate of drug-likeness (QED) is 0.854. The average Bonchev–Trinajstić information content (AvgIpc) is 3.07. The highest BCUT2D eigenvalue weighted by Crippen LogP contribution is 2.41. The summed E-state index contributed by atoms with van der Waals surface area (Å²) < 4.78 is 5.81. The Bertz CT molecular complexity index is 708. The Labute approximate surface area is 158 Å². The maximum absolute atomic E-state index is 5.81. The summed E-state index contributed by atoms with van der Waals surface area (Å²) >= 11 is 0. The van der Waals surface area contributed by atoms with Gasteiger partial charge in [0, 0.05) is 24.0 Å². The Kier molecular flexibility index (Phi) is 5.69. The van der Waals surface area contributed by atoms with E-state index in [-0.39, 0.29) is 11.0 Å². The van der Waals surface area contributed by atoms with Crippen LogP contribution in [-0.2, 0) is 11.8 Å². The molecule has 2 aromatic carbocycles. The Balaban J connectivity index is 1.94. The smallest absolute Gasteiger partial charge is 0.119 e. The predicted molar refractivity (Wildman–Crippen MR) is 109 cm³/mol. The fourth-order valence-corrected chi connectivity index (χ4v) is 4.01. The van der Waals surface area contributed by atoms with Crippen LogP contribution in [0.3, 0.4) is 0 Å². The molecule has 1 saturated heterocycles. The number of ether oxygens (including phenoxy) is 1. The summed E-state index contributed by atoms with van der Waals surface area (Å²) in [6, 6.07) is 19.5. The number of hydrogen-bond donors (Lipinski definition) is 1. The zero-order valence-corrected chi connectivity index (χ0v) is 16.4. The zero-order chi connectivity index (χ0) is 18.6. The van der Waals surface area contributed by atoms with Gasteiger partial charge in [-0.1, -0.05) is 42.5 Å². The third-order valence-electron chi connectivity index (χ3n) is 5.52. The fourth-order valence-electron chi connectivity index (χ4n) is 4.01. The van der Waals surface area contributed by atoms with Gasteiger partial charge in [-0.05, 0) is 63.4 Å². The lowest BCUT2D eigenvalue weighted by atomic mass is 9.74. The Morgan fingerprint density at radius 3 is 2.50 bits per heavy atom. The molecule has 0 radical (unpaired) electrons. The van der Waals surface area contributed by atoms with Gasteiger partial charge in [0.25, 0.3) is 0 Å². The van der Waals surface area contributed by atoms with Gasteiger partial charge in [0.2, 0.25) is 0 Å². The van der Waals surface area contributed by atoms with Crippen LogP contribution in [-0.4, -0.2) is 36.7 Å². The first kappa shape index (κ1) is 18.9. The van der Waals surface area contributed by atoms with Gasteiger partial charge >= 0.3 is 0 Å². The van der Waals surface area contributed by atoms with E-state index in [1.807, 2.05) is 6.07 Å². The van der Waals surface area contributed by atoms with Crippen LogP contribution in [0, 0.1) is 0 Å². The second kappa shape index (κ2) is 7.81. The minimum Gasteiger partial charge on any atom is -0.492 e. The van der Waals surface area contributed by atoms with Crippen LogP contribution < -0.4 is 10.5 Å². The standard InChI is InChI=1S/C23H32N2O/c1-22(2,3)25-14-12-23(18-25,17-19-8-5-4-6-9-19)20-10-7-11-21(16-20)26-15-13-24/h4-11,16H,12-15,17-18,24H2,1-3H3. The number of benzene rings is 2. The lowest BCUT2D eigenvalue weighted by molar-refractivity contribution is 0.163. The number of nitrogens with zero attached hydrogens (tertiary/aromatic N) is 1. The molecule has 2 N–H and O–H groups in total. The topological polar surface area (TPSA) is 38.5 Å². The van der Waals surface area contributed by atoms with Crippen molar-refractivity contribution in [3.05, 3.63) is 65.7 Å². The van der Waals surface area contributed by atoms with E-state index < -0.39 is 0 Å². The number of likely N-dealkylation sites (tertiary alicyclic amines) is 1. The van der Waals surface area contributed by atoms with Gasteiger partial charge in [0.05, 0.1) is 0 Å². The van der Waals surface area contributed by atoms with Crippen molar-refractivity contribution in [1.29, 1.82) is 0 Å². The molecule has 3 rings (SSSR count). The number of nitrogens with two attached hydrogens (primary N) is 1. The van der Waals surface area contributed by atoms with Gasteiger partial charge in [-0.15, -0.1) is 0 Å². The highest BCUT2D eigenvalue weighted by atomic mass is 16.5. The fraction of sp³-hybridized carbons (Fsp3) is 0.478. The molecule has 3 heteroatoms. The van der Waals surface area contributed by atoms with Crippen LogP contribution in [0.15, 0.2) is 54.6 Å². The van der Waals surface area contributed by atoms with E-state index in [2.05, 4.69) is 74.2 Å². The molecule has 0 aromatic heterocycles. The second-order valence-corrected chi connectivity index (χ2v) is 8.45. The van der Waals surface area contributed by atoms with Crippen molar-refractivity contribution in [2.75, 3.05) is 26.2 Å². The predicted octanol–water partition coefficient (Wildman–Crippen LogP) is 4.01. The number of rotatable bonds is 6. The van der Waals surface area contributed by atoms with Gasteiger partial charge in [0.1, 0.15) is 12.4 Å². The van der Waals surface area contributed by atoms with Crippen molar-refractivity contribution < 1.29 is 4.74 Å². The van der Waals surface area contributed by atoms with Crippen molar-refractivity contribution in [3.63, 3.8) is 0 Å². The van der Waals surface area contributed by atoms with E-state index in [0.717, 1.165) is 25.3 Å². The molecule has 3 nitrogen and oxygen atoms in total. The first-order chi connectivity index (χ1) is 12.4. The molecule has 1 aliphatic rings. The maximum atomic E-state index is 5.81. The maximum Gasteiger partial charge on any atom is 0.119 e. The van der Waals surface area contributed by atoms with Crippen LogP contribution in [0.25, 0.3) is 0 Å². The summed E-state index contributed by atoms with van der Waals surface area (Å²) in [5, 5.41) is 0. The van der Waals surface area contributed by atoms with Crippen molar-refractivity contribution in [1.82, 2.24) is 4.90 Å². The lowest BCUT2D eigenvalue weighted by Gasteiger charge is -2.36. The number of hydrogen-bond acceptors (Lipinski definition) is 3. The average molecular weight is 353 g/mol. The van der Waals surface area contributed by atoms with Crippen LogP contribution >= 0.6 is 0 Å². The lowest BCUT2D eigenvalue weighted by Crippen LogP contribution is -2.42. The molecule has 0 saturated carbocycles. The molecule has 0 amide bonds. The molecule has 140 valence electrons. The van der Waals surface area contributed by atoms with E-state index in [1.165, 1.54) is 17.5 Å². The summed E-state index contributed by atoms with van der Waals surface area (Å²) in [4.78, 5) is 2.61. The highest BCUT2D eigenvalue weighted by molar-refractivity contribution is 5.37. The monoisotopic (exact) mass is 352 g/mol. The molecular weight excluding hydrogens is 320 g/mol. The summed E-state index contributed by atoms with van der Waals surface area (Å²) in [5.74, 6) is 0.926. The highest BCUT2D eigenvalue weighted by Gasteiger charge is 2.42. The van der Waals surface area contributed by atoms with Crippen molar-refractivity contribution in [2.45, 2.75) is 44.6 Å². The molecule has 0 spiro atoms. The van der Waals surface area contributed by atoms with Crippen molar-refractivity contribution in [2.24, 2.45) is 5.73 Å². The normalized spacial score (nSPS) is 21.1. The molecule has 0 aliphatic carbocycles. The second-order valence-electron chi connectivity index (χ2n) is 8.45. The van der Waals surface area contributed by atoms with Gasteiger partial charge < -0.3 is 10.5 Å². The first-order valence-corrected chi connectivity index (χ1v) is 9.65. The zero-order valence-electron chi connectivity index (χ0n) is 16.4. The molecule has 1 atom stereocenters. The molecule has 0 bridgehead atoms. The summed E-state index contributed by atoms with van der Waals surface area (Å²) in [6.07, 6.45) is 2.22. The molecule has 26 heavy (non-hydrogen) atoms. The first-order valence-electron chi connectivity index (χ1n) is 9.65. The molecule has 1 heterocycles. The van der Waals surface area contributed by atoms with E-state index in [9.17, 15) is 0 Å². The van der Waals surface area contributed by atoms with Gasteiger partial charge in [-0.2, -0.15) is 0 Å². The van der Waals surface area contributed by atoms with Gasteiger partial charge in [-0.3, -0.25) is 4.90 Å². The van der Waals surface area contributed by atoms with E-state index in [1.54, 1.807) is 0 Å². The van der Waals surface area contributed by atoms with Crippen molar-refractivity contribution in [3.8, 4) is 5.75 Å². The molecule has 2 aromatic rings. The van der Waals surface area contributed by atoms with Gasteiger partial charge in [0.15, 0.2) is 0 Å². The van der Waals surface area contributed by atoms with Crippen LogP contribution in [0.5, 0.6) is 5.75 Å². The minimum absolute atomic E-state index is 0.122. The third kappa shape index (κ3) is 4.28. The van der Waals surface area contributed by atoms with E-state index in [4.69, 9.17) is 10.5 Å². The Hall–Kier alpha value is -1.84. The largest absolute Gasteiger partial charge is 0.492 e. The van der Waals surface area contributed by atoms with Crippen LogP contribution in [0.2, 0.25) is 0 Å². The molecule has 1 fully saturated rings. The minimum atomic E-state index is 0.122. The van der Waals surface area contributed by atoms with Crippen LogP contribution in [0.4, 0.5) is 0 Å².